The highest BCUT2D eigenvalue weighted by atomic mass is 79.9. The number of methoxy groups -OCH3 is 2. The van der Waals surface area contributed by atoms with E-state index < -0.39 is 17.8 Å². The van der Waals surface area contributed by atoms with Gasteiger partial charge in [0.1, 0.15) is 5.57 Å². The van der Waals surface area contributed by atoms with Gasteiger partial charge in [-0.2, -0.15) is 0 Å². The molecule has 1 heterocycles. The molecule has 0 atom stereocenters. The molecule has 1 aliphatic rings. The van der Waals surface area contributed by atoms with Crippen molar-refractivity contribution in [3.63, 3.8) is 0 Å². The minimum Gasteiger partial charge on any atom is -0.493 e. The van der Waals surface area contributed by atoms with Gasteiger partial charge in [0.2, 0.25) is 0 Å². The van der Waals surface area contributed by atoms with Crippen LogP contribution in [-0.4, -0.2) is 32.1 Å². The summed E-state index contributed by atoms with van der Waals surface area (Å²) in [5.74, 6) is -0.547. The Morgan fingerprint density at radius 2 is 1.82 bits per heavy atom. The van der Waals surface area contributed by atoms with Gasteiger partial charge in [-0.05, 0) is 64.3 Å². The zero-order valence-corrected chi connectivity index (χ0v) is 17.0. The summed E-state index contributed by atoms with van der Waals surface area (Å²) in [6.07, 6.45) is 1.40. The van der Waals surface area contributed by atoms with Crippen LogP contribution in [-0.2, 0) is 9.59 Å². The third-order valence-electron chi connectivity index (χ3n) is 4.13. The van der Waals surface area contributed by atoms with Gasteiger partial charge < -0.3 is 9.47 Å². The second-order valence-corrected chi connectivity index (χ2v) is 6.89. The minimum atomic E-state index is -0.786. The molecule has 0 aliphatic carbocycles. The van der Waals surface area contributed by atoms with Gasteiger partial charge in [0.05, 0.1) is 24.4 Å². The molecule has 0 spiro atoms. The summed E-state index contributed by atoms with van der Waals surface area (Å²) in [7, 11) is 2.99. The van der Waals surface area contributed by atoms with Crippen molar-refractivity contribution in [1.82, 2.24) is 5.32 Å². The molecule has 144 valence electrons. The maximum Gasteiger partial charge on any atom is 0.335 e. The molecule has 7 nitrogen and oxygen atoms in total. The Labute approximate surface area is 170 Å². The third kappa shape index (κ3) is 3.63. The molecule has 0 aromatic heterocycles. The summed E-state index contributed by atoms with van der Waals surface area (Å²) in [4.78, 5) is 38.4. The van der Waals surface area contributed by atoms with Crippen molar-refractivity contribution in [2.75, 3.05) is 19.1 Å². The number of amides is 4. The van der Waals surface area contributed by atoms with E-state index in [1.807, 2.05) is 13.0 Å². The lowest BCUT2D eigenvalue weighted by molar-refractivity contribution is -0.122. The van der Waals surface area contributed by atoms with E-state index in [1.54, 1.807) is 30.3 Å². The lowest BCUT2D eigenvalue weighted by Gasteiger charge is -2.26. The van der Waals surface area contributed by atoms with Crippen LogP contribution in [0.2, 0.25) is 0 Å². The van der Waals surface area contributed by atoms with Gasteiger partial charge in [0.15, 0.2) is 11.5 Å². The maximum atomic E-state index is 12.9. The number of nitrogens with zero attached hydrogens (tertiary/aromatic N) is 1. The van der Waals surface area contributed by atoms with Crippen LogP contribution in [0.5, 0.6) is 11.5 Å². The smallest absolute Gasteiger partial charge is 0.335 e. The van der Waals surface area contributed by atoms with Crippen molar-refractivity contribution in [3.05, 3.63) is 57.6 Å². The first-order chi connectivity index (χ1) is 13.3. The van der Waals surface area contributed by atoms with Crippen molar-refractivity contribution in [2.24, 2.45) is 0 Å². The van der Waals surface area contributed by atoms with E-state index >= 15 is 0 Å². The lowest BCUT2D eigenvalue weighted by Crippen LogP contribution is -2.54. The molecular weight excluding hydrogens is 428 g/mol. The Hall–Kier alpha value is -3.13. The third-order valence-corrected chi connectivity index (χ3v) is 4.72. The molecule has 4 amide bonds. The van der Waals surface area contributed by atoms with Gasteiger partial charge >= 0.3 is 6.03 Å². The van der Waals surface area contributed by atoms with Crippen LogP contribution in [0.1, 0.15) is 11.1 Å². The zero-order chi connectivity index (χ0) is 20.4. The van der Waals surface area contributed by atoms with Gasteiger partial charge in [-0.25, -0.2) is 9.69 Å². The van der Waals surface area contributed by atoms with Crippen molar-refractivity contribution in [3.8, 4) is 11.5 Å². The number of hydrogen-bond donors (Lipinski definition) is 1. The zero-order valence-electron chi connectivity index (χ0n) is 15.4. The second-order valence-electron chi connectivity index (χ2n) is 6.04. The predicted molar refractivity (Wildman–Crippen MR) is 107 cm³/mol. The molecule has 2 aromatic carbocycles. The summed E-state index contributed by atoms with van der Waals surface area (Å²) in [5, 5.41) is 2.21. The van der Waals surface area contributed by atoms with Gasteiger partial charge in [0, 0.05) is 0 Å². The molecular formula is C20H17BrN2O5. The van der Waals surface area contributed by atoms with Crippen molar-refractivity contribution >= 4 is 45.5 Å². The van der Waals surface area contributed by atoms with E-state index in [-0.39, 0.29) is 5.57 Å². The number of hydrogen-bond acceptors (Lipinski definition) is 5. The molecule has 1 fully saturated rings. The molecule has 0 bridgehead atoms. The number of barbiturate groups is 1. The van der Waals surface area contributed by atoms with E-state index in [0.29, 0.717) is 27.2 Å². The number of carbonyl (C=O) groups is 3. The summed E-state index contributed by atoms with van der Waals surface area (Å²) in [6.45, 7) is 1.85. The topological polar surface area (TPSA) is 84.9 Å². The fourth-order valence-corrected chi connectivity index (χ4v) is 3.47. The fourth-order valence-electron chi connectivity index (χ4n) is 2.85. The predicted octanol–water partition coefficient (Wildman–Crippen LogP) is 3.44. The quantitative estimate of drug-likeness (QED) is 0.576. The molecule has 28 heavy (non-hydrogen) atoms. The lowest BCUT2D eigenvalue weighted by atomic mass is 10.1. The Morgan fingerprint density at radius 3 is 2.46 bits per heavy atom. The summed E-state index contributed by atoms with van der Waals surface area (Å²) >= 11 is 3.38. The molecule has 1 saturated heterocycles. The van der Waals surface area contributed by atoms with Crippen LogP contribution in [0.4, 0.5) is 10.5 Å². The number of anilines is 1. The minimum absolute atomic E-state index is 0.166. The van der Waals surface area contributed by atoms with Crippen LogP contribution in [0.25, 0.3) is 6.08 Å². The average Bonchev–Trinajstić information content (AvgIpc) is 2.64. The number of nitrogens with one attached hydrogen (secondary N) is 1. The number of rotatable bonds is 4. The SMILES string of the molecule is COc1cc(/C=C2/C(=O)NC(=O)N(c3cccc(C)c3)C2=O)cc(Br)c1OC. The van der Waals surface area contributed by atoms with E-state index in [4.69, 9.17) is 9.47 Å². The first kappa shape index (κ1) is 19.6. The van der Waals surface area contributed by atoms with E-state index in [0.717, 1.165) is 10.5 Å². The number of aryl methyl sites for hydroxylation is 1. The average molecular weight is 445 g/mol. The van der Waals surface area contributed by atoms with Gasteiger partial charge in [-0.15, -0.1) is 0 Å². The van der Waals surface area contributed by atoms with Crippen molar-refractivity contribution in [1.29, 1.82) is 0 Å². The molecule has 1 aliphatic heterocycles. The Kier molecular flexibility index (Phi) is 5.51. The summed E-state index contributed by atoms with van der Waals surface area (Å²) in [5.41, 5.74) is 1.63. The number of carbonyl (C=O) groups excluding carboxylic acids is 3. The van der Waals surface area contributed by atoms with E-state index in [2.05, 4.69) is 21.2 Å². The summed E-state index contributed by atoms with van der Waals surface area (Å²) < 4.78 is 11.1. The molecule has 0 saturated carbocycles. The second kappa shape index (κ2) is 7.85. The molecule has 1 N–H and O–H groups in total. The Morgan fingerprint density at radius 1 is 1.07 bits per heavy atom. The van der Waals surface area contributed by atoms with Gasteiger partial charge in [-0.1, -0.05) is 12.1 Å². The van der Waals surface area contributed by atoms with Crippen molar-refractivity contribution < 1.29 is 23.9 Å². The van der Waals surface area contributed by atoms with E-state index in [1.165, 1.54) is 20.3 Å². The molecule has 8 heteroatoms. The number of imide groups is 2. The summed E-state index contributed by atoms with van der Waals surface area (Å²) in [6, 6.07) is 9.43. The monoisotopic (exact) mass is 444 g/mol. The van der Waals surface area contributed by atoms with Gasteiger partial charge in [-0.3, -0.25) is 14.9 Å². The standard InChI is InChI=1S/C20H17BrN2O5/c1-11-5-4-6-13(7-11)23-19(25)14(18(24)22-20(23)26)8-12-9-15(21)17(28-3)16(10-12)27-2/h4-10H,1-3H3,(H,22,24,26)/b14-8-. The molecule has 0 unspecified atom stereocenters. The number of benzene rings is 2. The highest BCUT2D eigenvalue weighted by molar-refractivity contribution is 9.10. The highest BCUT2D eigenvalue weighted by Crippen LogP contribution is 2.37. The normalized spacial score (nSPS) is 15.6. The van der Waals surface area contributed by atoms with Crippen LogP contribution in [0.15, 0.2) is 46.4 Å². The number of halogens is 1. The number of urea groups is 1. The Balaban J connectivity index is 2.06. The van der Waals surface area contributed by atoms with Crippen LogP contribution < -0.4 is 19.7 Å². The molecule has 0 radical (unpaired) electrons. The largest absolute Gasteiger partial charge is 0.493 e. The molecule has 3 rings (SSSR count). The van der Waals surface area contributed by atoms with Crippen molar-refractivity contribution in [2.45, 2.75) is 6.92 Å². The fraction of sp³-hybridized carbons (Fsp3) is 0.150. The number of ether oxygens (including phenoxy) is 2. The first-order valence-corrected chi connectivity index (χ1v) is 9.04. The van der Waals surface area contributed by atoms with E-state index in [9.17, 15) is 14.4 Å². The van der Waals surface area contributed by atoms with Crippen LogP contribution in [0, 0.1) is 6.92 Å². The van der Waals surface area contributed by atoms with Crippen LogP contribution >= 0.6 is 15.9 Å². The first-order valence-electron chi connectivity index (χ1n) is 8.25. The van der Waals surface area contributed by atoms with Crippen LogP contribution in [0.3, 0.4) is 0 Å². The highest BCUT2D eigenvalue weighted by Gasteiger charge is 2.36. The maximum absolute atomic E-state index is 12.9. The Bertz CT molecular complexity index is 1020. The van der Waals surface area contributed by atoms with Gasteiger partial charge in [0.25, 0.3) is 11.8 Å². The molecule has 2 aromatic rings.